The van der Waals surface area contributed by atoms with Crippen LogP contribution in [0.3, 0.4) is 0 Å². The summed E-state index contributed by atoms with van der Waals surface area (Å²) in [6.07, 6.45) is -0.627. The Hall–Kier alpha value is -2.61. The van der Waals surface area contributed by atoms with Gasteiger partial charge in [-0.3, -0.25) is 4.79 Å². The molecule has 0 spiro atoms. The number of nitrogens with zero attached hydrogens (tertiary/aromatic N) is 1. The highest BCUT2D eigenvalue weighted by Crippen LogP contribution is 2.19. The number of hydrogen-bond donors (Lipinski definition) is 1. The van der Waals surface area contributed by atoms with Gasteiger partial charge >= 0.3 is 5.97 Å². The van der Waals surface area contributed by atoms with E-state index in [2.05, 4.69) is 5.32 Å². The van der Waals surface area contributed by atoms with Crippen LogP contribution < -0.4 is 5.32 Å². The Morgan fingerprint density at radius 1 is 1.24 bits per heavy atom. The maximum atomic E-state index is 12.6. The predicted molar refractivity (Wildman–Crippen MR) is 110 cm³/mol. The van der Waals surface area contributed by atoms with E-state index >= 15 is 0 Å². The minimum Gasteiger partial charge on any atom is -0.449 e. The largest absolute Gasteiger partial charge is 0.449 e. The number of aryl methyl sites for hydroxylation is 1. The predicted octanol–water partition coefficient (Wildman–Crippen LogP) is 2.00. The highest BCUT2D eigenvalue weighted by atomic mass is 32.2. The topological polar surface area (TPSA) is 94.5 Å². The van der Waals surface area contributed by atoms with Crippen molar-refractivity contribution < 1.29 is 22.7 Å². The first-order valence-electron chi connectivity index (χ1n) is 9.58. The molecule has 1 aliphatic heterocycles. The van der Waals surface area contributed by atoms with Crippen molar-refractivity contribution in [2.45, 2.75) is 45.9 Å². The third-order valence-electron chi connectivity index (χ3n) is 5.21. The van der Waals surface area contributed by atoms with Crippen molar-refractivity contribution in [2.75, 3.05) is 11.5 Å². The van der Waals surface area contributed by atoms with Gasteiger partial charge in [0.2, 0.25) is 0 Å². The van der Waals surface area contributed by atoms with E-state index in [-0.39, 0.29) is 11.5 Å². The van der Waals surface area contributed by atoms with Crippen LogP contribution >= 0.6 is 0 Å². The molecule has 2 atom stereocenters. The van der Waals surface area contributed by atoms with Crippen molar-refractivity contribution in [2.24, 2.45) is 0 Å². The number of carbonyl (C=O) groups is 2. The van der Waals surface area contributed by atoms with E-state index in [0.717, 1.165) is 17.0 Å². The smallest absolute Gasteiger partial charge is 0.340 e. The third kappa shape index (κ3) is 5.06. The molecule has 1 aromatic carbocycles. The zero-order chi connectivity index (χ0) is 21.2. The second-order valence-corrected chi connectivity index (χ2v) is 9.74. The fraction of sp³-hybridized carbons (Fsp3) is 0.429. The van der Waals surface area contributed by atoms with Crippen molar-refractivity contribution in [3.05, 3.63) is 58.9 Å². The molecule has 0 saturated carbocycles. The van der Waals surface area contributed by atoms with Gasteiger partial charge in [-0.25, -0.2) is 13.2 Å². The van der Waals surface area contributed by atoms with E-state index in [1.807, 2.05) is 48.7 Å². The zero-order valence-corrected chi connectivity index (χ0v) is 17.7. The number of aromatic nitrogens is 1. The standard InChI is InChI=1S/C21H26N2O5S/c1-14-11-19(15(2)23(14)12-17-7-5-4-6-8-17)21(25)28-16(3)20(24)22-18-9-10-29(26,27)13-18/h4-8,11,16,18H,9-10,12-13H2,1-3H3,(H,22,24)/t16-,18+/m1/s1. The van der Waals surface area contributed by atoms with E-state index in [4.69, 9.17) is 4.74 Å². The summed E-state index contributed by atoms with van der Waals surface area (Å²) in [5, 5.41) is 2.65. The molecule has 0 aliphatic carbocycles. The molecule has 8 heteroatoms. The first-order valence-corrected chi connectivity index (χ1v) is 11.4. The van der Waals surface area contributed by atoms with E-state index < -0.39 is 33.9 Å². The number of hydrogen-bond acceptors (Lipinski definition) is 5. The van der Waals surface area contributed by atoms with Crippen LogP contribution in [0, 0.1) is 13.8 Å². The molecule has 0 bridgehead atoms. The molecule has 156 valence electrons. The van der Waals surface area contributed by atoms with Gasteiger partial charge in [0.05, 0.1) is 17.1 Å². The lowest BCUT2D eigenvalue weighted by atomic mass is 10.2. The molecule has 1 amide bonds. The Balaban J connectivity index is 1.64. The molecule has 0 unspecified atom stereocenters. The van der Waals surface area contributed by atoms with Gasteiger partial charge in [0.25, 0.3) is 5.91 Å². The van der Waals surface area contributed by atoms with Crippen LogP contribution in [0.25, 0.3) is 0 Å². The van der Waals surface area contributed by atoms with Gasteiger partial charge in [-0.15, -0.1) is 0 Å². The molecular formula is C21H26N2O5S. The molecular weight excluding hydrogens is 392 g/mol. The Labute approximate surface area is 171 Å². The average molecular weight is 419 g/mol. The molecule has 1 aliphatic rings. The number of ether oxygens (including phenoxy) is 1. The van der Waals surface area contributed by atoms with Crippen LogP contribution in [-0.2, 0) is 25.9 Å². The fourth-order valence-corrected chi connectivity index (χ4v) is 5.20. The molecule has 2 heterocycles. The molecule has 1 saturated heterocycles. The lowest BCUT2D eigenvalue weighted by Crippen LogP contribution is -2.42. The van der Waals surface area contributed by atoms with Crippen molar-refractivity contribution >= 4 is 21.7 Å². The summed E-state index contributed by atoms with van der Waals surface area (Å²) in [7, 11) is -3.09. The summed E-state index contributed by atoms with van der Waals surface area (Å²) in [6.45, 7) is 5.89. The van der Waals surface area contributed by atoms with E-state index in [0.29, 0.717) is 18.5 Å². The molecule has 0 radical (unpaired) electrons. The van der Waals surface area contributed by atoms with Crippen LogP contribution in [0.1, 0.15) is 40.7 Å². The summed E-state index contributed by atoms with van der Waals surface area (Å²) in [5.74, 6) is -1.06. The maximum absolute atomic E-state index is 12.6. The number of rotatable bonds is 6. The number of carbonyl (C=O) groups excluding carboxylic acids is 2. The second-order valence-electron chi connectivity index (χ2n) is 7.51. The Morgan fingerprint density at radius 2 is 1.93 bits per heavy atom. The number of benzene rings is 1. The molecule has 7 nitrogen and oxygen atoms in total. The quantitative estimate of drug-likeness (QED) is 0.724. The van der Waals surface area contributed by atoms with Gasteiger partial charge in [-0.05, 0) is 38.8 Å². The molecule has 2 aromatic rings. The lowest BCUT2D eigenvalue weighted by molar-refractivity contribution is -0.129. The summed E-state index contributed by atoms with van der Waals surface area (Å²) in [6, 6.07) is 11.3. The van der Waals surface area contributed by atoms with Crippen LogP contribution in [0.15, 0.2) is 36.4 Å². The minimum atomic E-state index is -3.09. The van der Waals surface area contributed by atoms with Gasteiger partial charge in [0.15, 0.2) is 15.9 Å². The number of nitrogens with one attached hydrogen (secondary N) is 1. The van der Waals surface area contributed by atoms with Crippen molar-refractivity contribution in [3.63, 3.8) is 0 Å². The highest BCUT2D eigenvalue weighted by molar-refractivity contribution is 7.91. The van der Waals surface area contributed by atoms with Crippen molar-refractivity contribution in [1.82, 2.24) is 9.88 Å². The summed E-state index contributed by atoms with van der Waals surface area (Å²) in [5.41, 5.74) is 3.23. The molecule has 1 N–H and O–H groups in total. The van der Waals surface area contributed by atoms with Crippen LogP contribution in [0.2, 0.25) is 0 Å². The monoisotopic (exact) mass is 418 g/mol. The summed E-state index contributed by atoms with van der Waals surface area (Å²) in [4.78, 5) is 24.9. The van der Waals surface area contributed by atoms with E-state index in [1.165, 1.54) is 6.92 Å². The van der Waals surface area contributed by atoms with Gasteiger partial charge in [-0.1, -0.05) is 30.3 Å². The van der Waals surface area contributed by atoms with Gasteiger partial charge in [-0.2, -0.15) is 0 Å². The maximum Gasteiger partial charge on any atom is 0.340 e. The first-order chi connectivity index (χ1) is 13.7. The fourth-order valence-electron chi connectivity index (χ4n) is 3.52. The van der Waals surface area contributed by atoms with E-state index in [9.17, 15) is 18.0 Å². The summed E-state index contributed by atoms with van der Waals surface area (Å²) < 4.78 is 30.4. The normalized spacial score (nSPS) is 18.9. The lowest BCUT2D eigenvalue weighted by Gasteiger charge is -2.16. The number of esters is 1. The Morgan fingerprint density at radius 3 is 2.55 bits per heavy atom. The van der Waals surface area contributed by atoms with Gasteiger partial charge < -0.3 is 14.6 Å². The Kier molecular flexibility index (Phi) is 6.12. The highest BCUT2D eigenvalue weighted by Gasteiger charge is 2.31. The van der Waals surface area contributed by atoms with Gasteiger partial charge in [0, 0.05) is 24.0 Å². The van der Waals surface area contributed by atoms with Crippen molar-refractivity contribution in [1.29, 1.82) is 0 Å². The summed E-state index contributed by atoms with van der Waals surface area (Å²) >= 11 is 0. The third-order valence-corrected chi connectivity index (χ3v) is 6.98. The second kappa shape index (κ2) is 8.41. The molecule has 3 rings (SSSR count). The van der Waals surface area contributed by atoms with E-state index in [1.54, 1.807) is 6.07 Å². The SMILES string of the molecule is Cc1cc(C(=O)O[C@H](C)C(=O)N[C@H]2CCS(=O)(=O)C2)c(C)n1Cc1ccccc1. The zero-order valence-electron chi connectivity index (χ0n) is 16.8. The number of amides is 1. The minimum absolute atomic E-state index is 0.0690. The first kappa shape index (κ1) is 21.1. The molecule has 29 heavy (non-hydrogen) atoms. The molecule has 1 fully saturated rings. The van der Waals surface area contributed by atoms with Crippen LogP contribution in [0.5, 0.6) is 0 Å². The number of sulfone groups is 1. The van der Waals surface area contributed by atoms with Crippen LogP contribution in [0.4, 0.5) is 0 Å². The van der Waals surface area contributed by atoms with Crippen LogP contribution in [-0.4, -0.2) is 48.5 Å². The molecule has 1 aromatic heterocycles. The Bertz CT molecular complexity index is 1010. The van der Waals surface area contributed by atoms with Gasteiger partial charge in [0.1, 0.15) is 0 Å². The average Bonchev–Trinajstić information content (AvgIpc) is 3.15. The van der Waals surface area contributed by atoms with Crippen molar-refractivity contribution in [3.8, 4) is 0 Å².